The van der Waals surface area contributed by atoms with Crippen LogP contribution in [0.5, 0.6) is 0 Å². The molecular formula is C13H21N3O2. The summed E-state index contributed by atoms with van der Waals surface area (Å²) < 4.78 is 1.89. The van der Waals surface area contributed by atoms with Crippen molar-refractivity contribution in [2.75, 3.05) is 6.54 Å². The minimum absolute atomic E-state index is 0.185. The largest absolute Gasteiger partial charge is 0.481 e. The molecule has 18 heavy (non-hydrogen) atoms. The van der Waals surface area contributed by atoms with Gasteiger partial charge in [-0.05, 0) is 39.3 Å². The lowest BCUT2D eigenvalue weighted by atomic mass is 9.90. The Morgan fingerprint density at radius 2 is 2.33 bits per heavy atom. The molecule has 1 aliphatic heterocycles. The van der Waals surface area contributed by atoms with E-state index in [-0.39, 0.29) is 12.0 Å². The minimum Gasteiger partial charge on any atom is -0.481 e. The summed E-state index contributed by atoms with van der Waals surface area (Å²) in [6, 6.07) is 2.60. The summed E-state index contributed by atoms with van der Waals surface area (Å²) in [6.07, 6.45) is 3.28. The molecule has 0 amide bonds. The van der Waals surface area contributed by atoms with Crippen molar-refractivity contribution in [3.05, 3.63) is 18.0 Å². The number of hydrogen-bond acceptors (Lipinski definition) is 3. The molecule has 0 saturated carbocycles. The third kappa shape index (κ3) is 2.41. The number of hydrogen-bond donors (Lipinski definition) is 1. The number of carboxylic acids is 1. The summed E-state index contributed by atoms with van der Waals surface area (Å²) >= 11 is 0. The van der Waals surface area contributed by atoms with Gasteiger partial charge in [-0.1, -0.05) is 0 Å². The van der Waals surface area contributed by atoms with Gasteiger partial charge in [0.1, 0.15) is 0 Å². The third-order valence-corrected chi connectivity index (χ3v) is 4.06. The normalized spacial score (nSPS) is 27.1. The van der Waals surface area contributed by atoms with Crippen LogP contribution in [0, 0.1) is 5.92 Å². The summed E-state index contributed by atoms with van der Waals surface area (Å²) in [5.74, 6) is -0.843. The molecule has 100 valence electrons. The van der Waals surface area contributed by atoms with E-state index in [0.717, 1.165) is 19.4 Å². The van der Waals surface area contributed by atoms with E-state index in [1.54, 1.807) is 6.20 Å². The first kappa shape index (κ1) is 13.1. The Labute approximate surface area is 107 Å². The Kier molecular flexibility index (Phi) is 3.71. The van der Waals surface area contributed by atoms with Gasteiger partial charge in [0.2, 0.25) is 0 Å². The molecule has 3 unspecified atom stereocenters. The lowest BCUT2D eigenvalue weighted by Crippen LogP contribution is -2.44. The molecular weight excluding hydrogens is 230 g/mol. The number of nitrogens with zero attached hydrogens (tertiary/aromatic N) is 3. The first-order valence-corrected chi connectivity index (χ1v) is 6.47. The Balaban J connectivity index is 2.07. The molecule has 3 atom stereocenters. The van der Waals surface area contributed by atoms with Crippen LogP contribution in [0.4, 0.5) is 0 Å². The molecule has 1 N–H and O–H groups in total. The molecule has 0 bridgehead atoms. The molecule has 1 saturated heterocycles. The fourth-order valence-corrected chi connectivity index (χ4v) is 2.95. The maximum absolute atomic E-state index is 11.0. The van der Waals surface area contributed by atoms with E-state index in [1.807, 2.05) is 17.8 Å². The molecule has 1 fully saturated rings. The van der Waals surface area contributed by atoms with Gasteiger partial charge in [-0.2, -0.15) is 5.10 Å². The second-order valence-electron chi connectivity index (χ2n) is 5.20. The van der Waals surface area contributed by atoms with Gasteiger partial charge < -0.3 is 5.11 Å². The van der Waals surface area contributed by atoms with Crippen LogP contribution in [0.2, 0.25) is 0 Å². The Morgan fingerprint density at radius 3 is 2.83 bits per heavy atom. The van der Waals surface area contributed by atoms with E-state index in [0.29, 0.717) is 6.04 Å². The predicted molar refractivity (Wildman–Crippen MR) is 68.2 cm³/mol. The zero-order valence-corrected chi connectivity index (χ0v) is 11.2. The Bertz CT molecular complexity index is 430. The lowest BCUT2D eigenvalue weighted by molar-refractivity contribution is -0.144. The van der Waals surface area contributed by atoms with Crippen LogP contribution in [0.15, 0.2) is 12.3 Å². The summed E-state index contributed by atoms with van der Waals surface area (Å²) in [7, 11) is 1.94. The number of rotatable bonds is 3. The third-order valence-electron chi connectivity index (χ3n) is 4.06. The quantitative estimate of drug-likeness (QED) is 0.887. The lowest BCUT2D eigenvalue weighted by Gasteiger charge is -2.40. The van der Waals surface area contributed by atoms with Gasteiger partial charge in [0, 0.05) is 25.3 Å². The van der Waals surface area contributed by atoms with Gasteiger partial charge in [0.05, 0.1) is 11.6 Å². The van der Waals surface area contributed by atoms with Crippen molar-refractivity contribution in [3.63, 3.8) is 0 Å². The fourth-order valence-electron chi connectivity index (χ4n) is 2.95. The molecule has 2 heterocycles. The first-order valence-electron chi connectivity index (χ1n) is 6.47. The fraction of sp³-hybridized carbons (Fsp3) is 0.692. The SMILES string of the molecule is CC1CC(C(=O)O)CCN1C(C)c1ccnn1C. The smallest absolute Gasteiger partial charge is 0.306 e. The van der Waals surface area contributed by atoms with Gasteiger partial charge in [0.15, 0.2) is 0 Å². The molecule has 0 aliphatic carbocycles. The highest BCUT2D eigenvalue weighted by molar-refractivity contribution is 5.70. The molecule has 2 rings (SSSR count). The van der Waals surface area contributed by atoms with Crippen LogP contribution in [-0.4, -0.2) is 38.3 Å². The molecule has 1 aromatic rings. The topological polar surface area (TPSA) is 58.4 Å². The van der Waals surface area contributed by atoms with Gasteiger partial charge in [-0.15, -0.1) is 0 Å². The van der Waals surface area contributed by atoms with Crippen molar-refractivity contribution in [2.45, 2.75) is 38.8 Å². The van der Waals surface area contributed by atoms with E-state index in [1.165, 1.54) is 5.69 Å². The van der Waals surface area contributed by atoms with Gasteiger partial charge in [-0.25, -0.2) is 0 Å². The van der Waals surface area contributed by atoms with Crippen molar-refractivity contribution < 1.29 is 9.90 Å². The number of likely N-dealkylation sites (tertiary alicyclic amines) is 1. The molecule has 0 radical (unpaired) electrons. The summed E-state index contributed by atoms with van der Waals surface area (Å²) in [5.41, 5.74) is 1.18. The van der Waals surface area contributed by atoms with Crippen molar-refractivity contribution in [3.8, 4) is 0 Å². The molecule has 1 aliphatic rings. The van der Waals surface area contributed by atoms with Gasteiger partial charge >= 0.3 is 5.97 Å². The number of aliphatic carboxylic acids is 1. The van der Waals surface area contributed by atoms with Gasteiger partial charge in [0.25, 0.3) is 0 Å². The van der Waals surface area contributed by atoms with E-state index in [2.05, 4.69) is 23.8 Å². The molecule has 1 aromatic heterocycles. The minimum atomic E-state index is -0.658. The summed E-state index contributed by atoms with van der Waals surface area (Å²) in [6.45, 7) is 5.11. The van der Waals surface area contributed by atoms with E-state index >= 15 is 0 Å². The zero-order chi connectivity index (χ0) is 13.3. The van der Waals surface area contributed by atoms with Crippen molar-refractivity contribution >= 4 is 5.97 Å². The van der Waals surface area contributed by atoms with Crippen molar-refractivity contribution in [1.29, 1.82) is 0 Å². The number of carbonyl (C=O) groups is 1. The predicted octanol–water partition coefficient (Wildman–Crippen LogP) is 1.67. The maximum Gasteiger partial charge on any atom is 0.306 e. The number of aromatic nitrogens is 2. The zero-order valence-electron chi connectivity index (χ0n) is 11.2. The van der Waals surface area contributed by atoms with E-state index < -0.39 is 5.97 Å². The van der Waals surface area contributed by atoms with E-state index in [4.69, 9.17) is 5.11 Å². The second-order valence-corrected chi connectivity index (χ2v) is 5.20. The molecule has 5 heteroatoms. The van der Waals surface area contributed by atoms with Crippen LogP contribution in [0.1, 0.15) is 38.4 Å². The summed E-state index contributed by atoms with van der Waals surface area (Å²) in [4.78, 5) is 13.4. The number of aryl methyl sites for hydroxylation is 1. The highest BCUT2D eigenvalue weighted by Crippen LogP contribution is 2.30. The summed E-state index contributed by atoms with van der Waals surface area (Å²) in [5, 5.41) is 13.3. The van der Waals surface area contributed by atoms with Crippen LogP contribution in [0.3, 0.4) is 0 Å². The van der Waals surface area contributed by atoms with Crippen LogP contribution < -0.4 is 0 Å². The van der Waals surface area contributed by atoms with Crippen LogP contribution >= 0.6 is 0 Å². The first-order chi connectivity index (χ1) is 8.50. The average Bonchev–Trinajstić information content (AvgIpc) is 2.74. The van der Waals surface area contributed by atoms with Crippen molar-refractivity contribution in [1.82, 2.24) is 14.7 Å². The monoisotopic (exact) mass is 251 g/mol. The highest BCUT2D eigenvalue weighted by Gasteiger charge is 2.32. The second kappa shape index (κ2) is 5.10. The Hall–Kier alpha value is -1.36. The van der Waals surface area contributed by atoms with Gasteiger partial charge in [-0.3, -0.25) is 14.4 Å². The maximum atomic E-state index is 11.0. The highest BCUT2D eigenvalue weighted by atomic mass is 16.4. The van der Waals surface area contributed by atoms with Crippen LogP contribution in [0.25, 0.3) is 0 Å². The Morgan fingerprint density at radius 1 is 1.61 bits per heavy atom. The van der Waals surface area contributed by atoms with Crippen molar-refractivity contribution in [2.24, 2.45) is 13.0 Å². The molecule has 0 spiro atoms. The van der Waals surface area contributed by atoms with Crippen LogP contribution in [-0.2, 0) is 11.8 Å². The number of carboxylic acid groups (broad SMARTS) is 1. The number of piperidine rings is 1. The standard InChI is InChI=1S/C13H21N3O2/c1-9-8-11(13(17)18)5-7-16(9)10(2)12-4-6-14-15(12)3/h4,6,9-11H,5,7-8H2,1-3H3,(H,17,18). The molecule has 5 nitrogen and oxygen atoms in total. The van der Waals surface area contributed by atoms with E-state index in [9.17, 15) is 4.79 Å². The molecule has 0 aromatic carbocycles. The average molecular weight is 251 g/mol.